The number of carbonyl (C=O) groups is 1. The Morgan fingerprint density at radius 2 is 2.00 bits per heavy atom. The first-order valence-electron chi connectivity index (χ1n) is 8.15. The van der Waals surface area contributed by atoms with Gasteiger partial charge < -0.3 is 19.1 Å². The normalized spacial score (nSPS) is 10.6. The van der Waals surface area contributed by atoms with Crippen LogP contribution < -0.4 is 4.74 Å². The number of nitrogens with zero attached hydrogens (tertiary/aromatic N) is 2. The molecule has 3 aromatic rings. The van der Waals surface area contributed by atoms with E-state index in [1.54, 1.807) is 18.2 Å². The van der Waals surface area contributed by atoms with E-state index in [0.29, 0.717) is 17.7 Å². The number of hydrogen-bond donors (Lipinski definition) is 1. The molecule has 1 N–H and O–H groups in total. The topological polar surface area (TPSA) is 94.7 Å². The number of esters is 1. The molecule has 0 radical (unpaired) electrons. The average Bonchev–Trinajstić information content (AvgIpc) is 3.14. The molecule has 1 aromatic heterocycles. The largest absolute Gasteiger partial charge is 0.504 e. The molecule has 140 valence electrons. The predicted molar refractivity (Wildman–Crippen MR) is 92.5 cm³/mol. The lowest BCUT2D eigenvalue weighted by atomic mass is 10.1. The maximum atomic E-state index is 12.9. The van der Waals surface area contributed by atoms with Gasteiger partial charge in [-0.2, -0.15) is 4.98 Å². The Morgan fingerprint density at radius 1 is 1.22 bits per heavy atom. The van der Waals surface area contributed by atoms with Crippen molar-refractivity contribution in [1.29, 1.82) is 0 Å². The van der Waals surface area contributed by atoms with Gasteiger partial charge in [0.1, 0.15) is 5.82 Å². The molecule has 0 aliphatic rings. The molecule has 0 bridgehead atoms. The number of hydrogen-bond acceptors (Lipinski definition) is 7. The average molecular weight is 372 g/mol. The predicted octanol–water partition coefficient (Wildman–Crippen LogP) is 3.27. The van der Waals surface area contributed by atoms with Crippen LogP contribution in [0.1, 0.15) is 17.8 Å². The lowest BCUT2D eigenvalue weighted by Gasteiger charge is -2.06. The molecule has 0 aliphatic heterocycles. The molecule has 0 spiro atoms. The van der Waals surface area contributed by atoms with Crippen molar-refractivity contribution >= 4 is 5.97 Å². The Hall–Kier alpha value is -3.42. The summed E-state index contributed by atoms with van der Waals surface area (Å²) in [5.41, 5.74) is 1.35. The van der Waals surface area contributed by atoms with Crippen molar-refractivity contribution in [1.82, 2.24) is 10.1 Å². The Morgan fingerprint density at radius 3 is 2.70 bits per heavy atom. The highest BCUT2D eigenvalue weighted by molar-refractivity contribution is 5.69. The maximum Gasteiger partial charge on any atom is 0.306 e. The summed E-state index contributed by atoms with van der Waals surface area (Å²) in [7, 11) is 1.46. The first-order chi connectivity index (χ1) is 13.0. The van der Waals surface area contributed by atoms with E-state index in [9.17, 15) is 14.3 Å². The molecular weight excluding hydrogens is 355 g/mol. The molecule has 27 heavy (non-hydrogen) atoms. The lowest BCUT2D eigenvalue weighted by molar-refractivity contribution is -0.145. The van der Waals surface area contributed by atoms with Gasteiger partial charge in [0.15, 0.2) is 18.1 Å². The van der Waals surface area contributed by atoms with Crippen LogP contribution in [-0.4, -0.2) is 28.3 Å². The summed E-state index contributed by atoms with van der Waals surface area (Å²) in [6.07, 6.45) is 0.540. The number of phenolic OH excluding ortho intramolecular Hbond substituents is 1. The first-order valence-corrected chi connectivity index (χ1v) is 8.15. The van der Waals surface area contributed by atoms with Crippen LogP contribution in [0.5, 0.6) is 11.5 Å². The summed E-state index contributed by atoms with van der Waals surface area (Å²) in [5, 5.41) is 13.5. The van der Waals surface area contributed by atoms with E-state index in [1.807, 2.05) is 0 Å². The number of carbonyl (C=O) groups excluding carboxylic acids is 1. The van der Waals surface area contributed by atoms with Gasteiger partial charge in [0, 0.05) is 12.0 Å². The van der Waals surface area contributed by atoms with Crippen molar-refractivity contribution in [3.63, 3.8) is 0 Å². The fraction of sp³-hybridized carbons (Fsp3) is 0.211. The third-order valence-electron chi connectivity index (χ3n) is 3.78. The minimum Gasteiger partial charge on any atom is -0.504 e. The van der Waals surface area contributed by atoms with E-state index in [-0.39, 0.29) is 36.3 Å². The number of aromatic nitrogens is 2. The Balaban J connectivity index is 1.49. The summed E-state index contributed by atoms with van der Waals surface area (Å²) in [5.74, 6) is 0.0226. The summed E-state index contributed by atoms with van der Waals surface area (Å²) < 4.78 is 28.1. The summed E-state index contributed by atoms with van der Waals surface area (Å²) >= 11 is 0. The minimum atomic E-state index is -0.432. The highest BCUT2D eigenvalue weighted by Gasteiger charge is 2.12. The summed E-state index contributed by atoms with van der Waals surface area (Å²) in [4.78, 5) is 16.0. The smallest absolute Gasteiger partial charge is 0.306 e. The van der Waals surface area contributed by atoms with Crippen molar-refractivity contribution in [2.45, 2.75) is 19.4 Å². The number of phenols is 1. The molecule has 7 nitrogen and oxygen atoms in total. The fourth-order valence-corrected chi connectivity index (χ4v) is 2.38. The SMILES string of the molecule is COc1ccc(CCC(=O)OCc2noc(-c3ccc(F)cc3)n2)cc1O. The van der Waals surface area contributed by atoms with Crippen LogP contribution in [0.2, 0.25) is 0 Å². The van der Waals surface area contributed by atoms with Crippen LogP contribution in [-0.2, 0) is 22.6 Å². The first kappa shape index (κ1) is 18.4. The third kappa shape index (κ3) is 4.81. The molecule has 8 heteroatoms. The van der Waals surface area contributed by atoms with E-state index in [2.05, 4.69) is 10.1 Å². The Kier molecular flexibility index (Phi) is 5.65. The van der Waals surface area contributed by atoms with Crippen LogP contribution in [0.25, 0.3) is 11.5 Å². The lowest BCUT2D eigenvalue weighted by Crippen LogP contribution is -2.06. The van der Waals surface area contributed by atoms with Gasteiger partial charge in [-0.25, -0.2) is 4.39 Å². The Labute approximate surface area is 154 Å². The minimum absolute atomic E-state index is 0.0171. The molecular formula is C19H17FN2O5. The van der Waals surface area contributed by atoms with Crippen molar-refractivity contribution < 1.29 is 28.3 Å². The van der Waals surface area contributed by atoms with E-state index in [1.165, 1.54) is 31.4 Å². The van der Waals surface area contributed by atoms with Crippen molar-refractivity contribution in [2.75, 3.05) is 7.11 Å². The van der Waals surface area contributed by atoms with Gasteiger partial charge in [-0.3, -0.25) is 4.79 Å². The highest BCUT2D eigenvalue weighted by Crippen LogP contribution is 2.26. The zero-order valence-corrected chi connectivity index (χ0v) is 14.5. The second-order valence-corrected chi connectivity index (χ2v) is 5.69. The number of methoxy groups -OCH3 is 1. The highest BCUT2D eigenvalue weighted by atomic mass is 19.1. The van der Waals surface area contributed by atoms with Gasteiger partial charge in [0.05, 0.1) is 7.11 Å². The second kappa shape index (κ2) is 8.31. The Bertz CT molecular complexity index is 924. The molecule has 1 heterocycles. The van der Waals surface area contributed by atoms with Gasteiger partial charge in [0.25, 0.3) is 5.89 Å². The molecule has 0 fully saturated rings. The van der Waals surface area contributed by atoms with Gasteiger partial charge >= 0.3 is 5.97 Å². The summed E-state index contributed by atoms with van der Waals surface area (Å²) in [6, 6.07) is 10.5. The molecule has 0 saturated heterocycles. The van der Waals surface area contributed by atoms with Gasteiger partial charge in [-0.15, -0.1) is 0 Å². The van der Waals surface area contributed by atoms with Crippen LogP contribution in [0.4, 0.5) is 4.39 Å². The molecule has 3 rings (SSSR count). The zero-order chi connectivity index (χ0) is 19.2. The van der Waals surface area contributed by atoms with Crippen LogP contribution in [0.15, 0.2) is 47.0 Å². The van der Waals surface area contributed by atoms with Crippen LogP contribution in [0.3, 0.4) is 0 Å². The van der Waals surface area contributed by atoms with Crippen LogP contribution in [0, 0.1) is 5.82 Å². The van der Waals surface area contributed by atoms with Crippen molar-refractivity contribution in [3.8, 4) is 23.0 Å². The van der Waals surface area contributed by atoms with Crippen molar-refractivity contribution in [3.05, 3.63) is 59.7 Å². The standard InChI is InChI=1S/C19H17FN2O5/c1-25-16-8-2-12(10-15(16)23)3-9-18(24)26-11-17-21-19(27-22-17)13-4-6-14(20)7-5-13/h2,4-8,10,23H,3,9,11H2,1H3. The molecule has 0 saturated carbocycles. The number of benzene rings is 2. The molecule has 2 aromatic carbocycles. The van der Waals surface area contributed by atoms with E-state index < -0.39 is 5.97 Å². The van der Waals surface area contributed by atoms with Crippen LogP contribution >= 0.6 is 0 Å². The van der Waals surface area contributed by atoms with E-state index in [4.69, 9.17) is 14.0 Å². The molecule has 0 unspecified atom stereocenters. The quantitative estimate of drug-likeness (QED) is 0.636. The fourth-order valence-electron chi connectivity index (χ4n) is 2.38. The van der Waals surface area contributed by atoms with Gasteiger partial charge in [0.2, 0.25) is 5.82 Å². The second-order valence-electron chi connectivity index (χ2n) is 5.69. The number of rotatable bonds is 7. The third-order valence-corrected chi connectivity index (χ3v) is 3.78. The number of halogens is 1. The van der Waals surface area contributed by atoms with E-state index >= 15 is 0 Å². The van der Waals surface area contributed by atoms with Gasteiger partial charge in [-0.1, -0.05) is 11.2 Å². The maximum absolute atomic E-state index is 12.9. The zero-order valence-electron chi connectivity index (χ0n) is 14.5. The van der Waals surface area contributed by atoms with Gasteiger partial charge in [-0.05, 0) is 48.4 Å². The number of aromatic hydroxyl groups is 1. The van der Waals surface area contributed by atoms with E-state index in [0.717, 1.165) is 5.56 Å². The van der Waals surface area contributed by atoms with Crippen molar-refractivity contribution in [2.24, 2.45) is 0 Å². The number of ether oxygens (including phenoxy) is 2. The monoisotopic (exact) mass is 372 g/mol. The number of aryl methyl sites for hydroxylation is 1. The molecule has 0 amide bonds. The summed E-state index contributed by atoms with van der Waals surface area (Å²) in [6.45, 7) is -0.128. The molecule has 0 atom stereocenters. The molecule has 0 aliphatic carbocycles.